The molecule has 0 unspecified atom stereocenters. The van der Waals surface area contributed by atoms with Crippen LogP contribution in [0.2, 0.25) is 0 Å². The Hall–Kier alpha value is -2.08. The monoisotopic (exact) mass is 289 g/mol. The lowest BCUT2D eigenvalue weighted by molar-refractivity contribution is -0.114. The number of hydrogen-bond donors (Lipinski definition) is 3. The molecule has 7 nitrogen and oxygen atoms in total. The van der Waals surface area contributed by atoms with E-state index in [1.807, 2.05) is 6.07 Å². The third-order valence-electron chi connectivity index (χ3n) is 3.03. The van der Waals surface area contributed by atoms with Gasteiger partial charge in [-0.3, -0.25) is 4.79 Å². The van der Waals surface area contributed by atoms with Crippen molar-refractivity contribution in [3.05, 3.63) is 17.7 Å². The SMILES string of the molecule is CC(=O)Nc1c(OC[C@](C)(N)C#N)ccc2c1B(O)OC2. The van der Waals surface area contributed by atoms with Crippen LogP contribution >= 0.6 is 0 Å². The molecule has 0 saturated heterocycles. The number of nitrogens with zero attached hydrogens (tertiary/aromatic N) is 1. The van der Waals surface area contributed by atoms with Gasteiger partial charge in [0.05, 0.1) is 18.4 Å². The number of carbonyl (C=O) groups excluding carboxylic acids is 1. The van der Waals surface area contributed by atoms with Crippen molar-refractivity contribution in [3.63, 3.8) is 0 Å². The molecule has 0 aliphatic carbocycles. The van der Waals surface area contributed by atoms with E-state index in [1.54, 1.807) is 12.1 Å². The lowest BCUT2D eigenvalue weighted by atomic mass is 9.78. The molecule has 0 spiro atoms. The standard InChI is InChI=1S/C13H16BN3O4/c1-8(18)17-12-10(20-7-13(2,16)6-15)4-3-9-5-21-14(19)11(9)12/h3-4,19H,5,7,16H2,1-2H3,(H,17,18)/t13-/m1/s1. The van der Waals surface area contributed by atoms with Crippen LogP contribution in [-0.4, -0.2) is 30.2 Å². The number of benzene rings is 1. The number of ether oxygens (including phenoxy) is 1. The molecule has 21 heavy (non-hydrogen) atoms. The molecular weight excluding hydrogens is 273 g/mol. The Balaban J connectivity index is 2.35. The number of carbonyl (C=O) groups is 1. The molecule has 0 fully saturated rings. The molecule has 1 aliphatic heterocycles. The first-order valence-corrected chi connectivity index (χ1v) is 6.40. The molecule has 1 atom stereocenters. The minimum absolute atomic E-state index is 0.0498. The Labute approximate surface area is 122 Å². The molecule has 8 heteroatoms. The molecule has 1 aliphatic rings. The minimum Gasteiger partial charge on any atom is -0.488 e. The van der Waals surface area contributed by atoms with Crippen LogP contribution in [0, 0.1) is 11.3 Å². The first-order chi connectivity index (χ1) is 9.84. The van der Waals surface area contributed by atoms with E-state index in [4.69, 9.17) is 20.4 Å². The molecule has 1 aromatic carbocycles. The Morgan fingerprint density at radius 2 is 2.43 bits per heavy atom. The Morgan fingerprint density at radius 3 is 3.05 bits per heavy atom. The zero-order chi connectivity index (χ0) is 15.6. The van der Waals surface area contributed by atoms with Gasteiger partial charge in [0.15, 0.2) is 0 Å². The van der Waals surface area contributed by atoms with Crippen LogP contribution in [0.3, 0.4) is 0 Å². The lowest BCUT2D eigenvalue weighted by Crippen LogP contribution is -2.41. The van der Waals surface area contributed by atoms with E-state index in [9.17, 15) is 9.82 Å². The number of fused-ring (bicyclic) bond motifs is 1. The maximum absolute atomic E-state index is 11.4. The van der Waals surface area contributed by atoms with Crippen molar-refractivity contribution in [1.29, 1.82) is 5.26 Å². The highest BCUT2D eigenvalue weighted by atomic mass is 16.5. The van der Waals surface area contributed by atoms with Gasteiger partial charge in [-0.25, -0.2) is 0 Å². The fourth-order valence-electron chi connectivity index (χ4n) is 1.99. The van der Waals surface area contributed by atoms with Crippen molar-refractivity contribution in [2.75, 3.05) is 11.9 Å². The van der Waals surface area contributed by atoms with Crippen molar-refractivity contribution >= 4 is 24.2 Å². The van der Waals surface area contributed by atoms with Gasteiger partial charge < -0.3 is 25.5 Å². The number of nitrogens with two attached hydrogens (primary N) is 1. The predicted molar refractivity (Wildman–Crippen MR) is 76.8 cm³/mol. The first kappa shape index (κ1) is 15.3. The van der Waals surface area contributed by atoms with Gasteiger partial charge >= 0.3 is 7.12 Å². The predicted octanol–water partition coefficient (Wildman–Crippen LogP) is -0.518. The van der Waals surface area contributed by atoms with Crippen molar-refractivity contribution in [3.8, 4) is 11.8 Å². The molecule has 1 amide bonds. The van der Waals surface area contributed by atoms with E-state index in [0.717, 1.165) is 5.56 Å². The summed E-state index contributed by atoms with van der Waals surface area (Å²) in [7, 11) is -1.12. The molecule has 110 valence electrons. The van der Waals surface area contributed by atoms with Gasteiger partial charge in [-0.15, -0.1) is 0 Å². The molecule has 4 N–H and O–H groups in total. The second kappa shape index (κ2) is 5.73. The summed E-state index contributed by atoms with van der Waals surface area (Å²) >= 11 is 0. The van der Waals surface area contributed by atoms with Crippen molar-refractivity contribution in [2.45, 2.75) is 26.0 Å². The van der Waals surface area contributed by atoms with Crippen LogP contribution < -0.4 is 21.3 Å². The molecule has 1 aromatic rings. The molecular formula is C13H16BN3O4. The van der Waals surface area contributed by atoms with Crippen molar-refractivity contribution in [2.24, 2.45) is 5.73 Å². The highest BCUT2D eigenvalue weighted by Gasteiger charge is 2.33. The van der Waals surface area contributed by atoms with E-state index < -0.39 is 12.7 Å². The van der Waals surface area contributed by atoms with Gasteiger partial charge in [0.2, 0.25) is 5.91 Å². The summed E-state index contributed by atoms with van der Waals surface area (Å²) in [5.41, 5.74) is 6.15. The Morgan fingerprint density at radius 1 is 1.71 bits per heavy atom. The minimum atomic E-state index is -1.15. The number of anilines is 1. The highest BCUT2D eigenvalue weighted by molar-refractivity contribution is 6.63. The molecule has 2 rings (SSSR count). The van der Waals surface area contributed by atoms with Crippen LogP contribution in [0.5, 0.6) is 5.75 Å². The van der Waals surface area contributed by atoms with E-state index in [0.29, 0.717) is 16.9 Å². The van der Waals surface area contributed by atoms with E-state index >= 15 is 0 Å². The second-order valence-corrected chi connectivity index (χ2v) is 5.17. The summed E-state index contributed by atoms with van der Waals surface area (Å²) in [6, 6.07) is 5.32. The zero-order valence-electron chi connectivity index (χ0n) is 11.8. The number of rotatable bonds is 4. The fourth-order valence-corrected chi connectivity index (χ4v) is 1.99. The van der Waals surface area contributed by atoms with Crippen molar-refractivity contribution in [1.82, 2.24) is 0 Å². The molecule has 0 radical (unpaired) electrons. The molecule has 0 aromatic heterocycles. The summed E-state index contributed by atoms with van der Waals surface area (Å²) in [6.07, 6.45) is 0. The number of amides is 1. The zero-order valence-corrected chi connectivity index (χ0v) is 11.8. The van der Waals surface area contributed by atoms with Gasteiger partial charge in [-0.1, -0.05) is 6.07 Å². The largest absolute Gasteiger partial charge is 0.494 e. The van der Waals surface area contributed by atoms with Crippen LogP contribution in [0.15, 0.2) is 12.1 Å². The number of hydrogen-bond acceptors (Lipinski definition) is 6. The van der Waals surface area contributed by atoms with Crippen LogP contribution in [0.1, 0.15) is 19.4 Å². The Kier molecular flexibility index (Phi) is 4.18. The van der Waals surface area contributed by atoms with E-state index in [1.165, 1.54) is 13.8 Å². The maximum atomic E-state index is 11.4. The fraction of sp³-hybridized carbons (Fsp3) is 0.385. The Bertz CT molecular complexity index is 612. The normalized spacial score (nSPS) is 15.9. The summed E-state index contributed by atoms with van der Waals surface area (Å²) in [4.78, 5) is 11.4. The molecule has 0 bridgehead atoms. The highest BCUT2D eigenvalue weighted by Crippen LogP contribution is 2.28. The summed E-state index contributed by atoms with van der Waals surface area (Å²) in [5.74, 6) is 0.0311. The maximum Gasteiger partial charge on any atom is 0.494 e. The van der Waals surface area contributed by atoms with E-state index in [2.05, 4.69) is 5.32 Å². The van der Waals surface area contributed by atoms with Gasteiger partial charge in [-0.2, -0.15) is 5.26 Å². The van der Waals surface area contributed by atoms with Crippen LogP contribution in [-0.2, 0) is 16.1 Å². The number of nitrogens with one attached hydrogen (secondary N) is 1. The van der Waals surface area contributed by atoms with Gasteiger partial charge in [0.25, 0.3) is 0 Å². The van der Waals surface area contributed by atoms with Crippen LogP contribution in [0.25, 0.3) is 0 Å². The topological polar surface area (TPSA) is 118 Å². The second-order valence-electron chi connectivity index (χ2n) is 5.17. The van der Waals surface area contributed by atoms with Gasteiger partial charge in [0.1, 0.15) is 17.9 Å². The van der Waals surface area contributed by atoms with Gasteiger partial charge in [0, 0.05) is 12.4 Å². The summed E-state index contributed by atoms with van der Waals surface area (Å²) < 4.78 is 10.7. The quantitative estimate of drug-likeness (QED) is 0.642. The van der Waals surface area contributed by atoms with Gasteiger partial charge in [-0.05, 0) is 18.6 Å². The van der Waals surface area contributed by atoms with Crippen molar-refractivity contribution < 1.29 is 19.2 Å². The van der Waals surface area contributed by atoms with Crippen LogP contribution in [0.4, 0.5) is 5.69 Å². The molecule has 1 heterocycles. The average molecular weight is 289 g/mol. The average Bonchev–Trinajstić information content (AvgIpc) is 2.79. The van der Waals surface area contributed by atoms with E-state index in [-0.39, 0.29) is 19.1 Å². The summed E-state index contributed by atoms with van der Waals surface area (Å²) in [5, 5.41) is 21.4. The smallest absolute Gasteiger partial charge is 0.488 e. The first-order valence-electron chi connectivity index (χ1n) is 6.40. The number of nitriles is 1. The third-order valence-corrected chi connectivity index (χ3v) is 3.03. The lowest BCUT2D eigenvalue weighted by Gasteiger charge is -2.20. The molecule has 0 saturated carbocycles. The summed E-state index contributed by atoms with van der Waals surface area (Å²) in [6.45, 7) is 3.10. The third kappa shape index (κ3) is 3.33.